The highest BCUT2D eigenvalue weighted by Crippen LogP contribution is 2.23. The van der Waals surface area contributed by atoms with Crippen molar-refractivity contribution < 1.29 is 17.9 Å². The molecule has 1 aliphatic rings. The van der Waals surface area contributed by atoms with Crippen LogP contribution in [-0.4, -0.2) is 34.6 Å². The van der Waals surface area contributed by atoms with Crippen LogP contribution in [0, 0.1) is 0 Å². The molecule has 2 aromatic carbocycles. The maximum atomic E-state index is 12.4. The molecule has 2 aromatic rings. The lowest BCUT2D eigenvalue weighted by molar-refractivity contribution is 0.243. The van der Waals surface area contributed by atoms with Crippen molar-refractivity contribution in [3.05, 3.63) is 48.5 Å². The number of carbonyl (C=O) groups is 1. The minimum Gasteiger partial charge on any atom is -0.497 e. The number of nitrogens with zero attached hydrogens (tertiary/aromatic N) is 1. The number of hydrogen-bond donors (Lipinski definition) is 2. The molecule has 0 aliphatic carbocycles. The Bertz CT molecular complexity index is 848. The summed E-state index contributed by atoms with van der Waals surface area (Å²) in [5.41, 5.74) is 1.15. The number of urea groups is 1. The van der Waals surface area contributed by atoms with Crippen LogP contribution in [0.5, 0.6) is 5.75 Å². The Hall–Kier alpha value is -2.74. The Morgan fingerprint density at radius 3 is 2.36 bits per heavy atom. The lowest BCUT2D eigenvalue weighted by Gasteiger charge is -2.27. The molecule has 3 rings (SSSR count). The largest absolute Gasteiger partial charge is 0.497 e. The van der Waals surface area contributed by atoms with Gasteiger partial charge in [0.05, 0.1) is 12.0 Å². The summed E-state index contributed by atoms with van der Waals surface area (Å²) < 4.78 is 32.4. The molecule has 132 valence electrons. The summed E-state index contributed by atoms with van der Waals surface area (Å²) in [6.07, 6.45) is 0.873. The lowest BCUT2D eigenvalue weighted by atomic mass is 10.2. The Labute approximate surface area is 146 Å². The van der Waals surface area contributed by atoms with Crippen LogP contribution in [0.15, 0.2) is 53.4 Å². The lowest BCUT2D eigenvalue weighted by Crippen LogP contribution is -2.46. The summed E-state index contributed by atoms with van der Waals surface area (Å²) in [7, 11) is -2.17. The number of ether oxygens (including phenoxy) is 1. The third kappa shape index (κ3) is 3.85. The van der Waals surface area contributed by atoms with E-state index in [1.807, 2.05) is 0 Å². The average Bonchev–Trinajstić information content (AvgIpc) is 2.63. The van der Waals surface area contributed by atoms with Gasteiger partial charge in [-0.3, -0.25) is 9.62 Å². The predicted molar refractivity (Wildman–Crippen MR) is 95.6 cm³/mol. The van der Waals surface area contributed by atoms with Crippen LogP contribution in [0.1, 0.15) is 6.42 Å². The quantitative estimate of drug-likeness (QED) is 0.856. The molecule has 0 atom stereocenters. The van der Waals surface area contributed by atoms with E-state index in [9.17, 15) is 13.2 Å². The van der Waals surface area contributed by atoms with Gasteiger partial charge in [0.25, 0.3) is 10.0 Å². The topological polar surface area (TPSA) is 87.7 Å². The van der Waals surface area contributed by atoms with Crippen LogP contribution in [-0.2, 0) is 10.0 Å². The van der Waals surface area contributed by atoms with Gasteiger partial charge in [0.15, 0.2) is 0 Å². The number of rotatable bonds is 5. The maximum Gasteiger partial charge on any atom is 0.321 e. The summed E-state index contributed by atoms with van der Waals surface area (Å²) in [5, 5.41) is 2.78. The van der Waals surface area contributed by atoms with E-state index in [1.54, 1.807) is 41.3 Å². The second-order valence-corrected chi connectivity index (χ2v) is 7.25. The van der Waals surface area contributed by atoms with Gasteiger partial charge in [0, 0.05) is 24.5 Å². The molecule has 2 amide bonds. The number of anilines is 2. The van der Waals surface area contributed by atoms with E-state index in [0.717, 1.165) is 12.1 Å². The number of hydrogen-bond acceptors (Lipinski definition) is 4. The van der Waals surface area contributed by atoms with Gasteiger partial charge >= 0.3 is 6.03 Å². The Kier molecular flexibility index (Phi) is 4.80. The smallest absolute Gasteiger partial charge is 0.321 e. The minimum absolute atomic E-state index is 0.141. The van der Waals surface area contributed by atoms with Crippen molar-refractivity contribution in [3.63, 3.8) is 0 Å². The Morgan fingerprint density at radius 1 is 1.08 bits per heavy atom. The second kappa shape index (κ2) is 7.02. The van der Waals surface area contributed by atoms with Gasteiger partial charge in [0.1, 0.15) is 5.75 Å². The summed E-state index contributed by atoms with van der Waals surface area (Å²) in [6, 6.07) is 12.7. The molecular weight excluding hydrogens is 342 g/mol. The highest BCUT2D eigenvalue weighted by Gasteiger charge is 2.19. The molecule has 0 spiro atoms. The molecule has 1 aliphatic heterocycles. The zero-order chi connectivity index (χ0) is 17.9. The molecule has 2 N–H and O–H groups in total. The maximum absolute atomic E-state index is 12.4. The van der Waals surface area contributed by atoms with E-state index in [0.29, 0.717) is 24.5 Å². The van der Waals surface area contributed by atoms with Gasteiger partial charge in [-0.05, 0) is 55.0 Å². The fourth-order valence-electron chi connectivity index (χ4n) is 2.55. The van der Waals surface area contributed by atoms with Crippen LogP contribution in [0.4, 0.5) is 16.2 Å². The number of amides is 2. The minimum atomic E-state index is -3.69. The highest BCUT2D eigenvalue weighted by atomic mass is 32.2. The first-order chi connectivity index (χ1) is 12.0. The number of sulfonamides is 1. The molecule has 1 fully saturated rings. The van der Waals surface area contributed by atoms with E-state index < -0.39 is 10.0 Å². The van der Waals surface area contributed by atoms with Crippen LogP contribution >= 0.6 is 0 Å². The summed E-state index contributed by atoms with van der Waals surface area (Å²) in [6.45, 7) is 1.32. The Balaban J connectivity index is 1.74. The third-order valence-electron chi connectivity index (χ3n) is 3.88. The van der Waals surface area contributed by atoms with Crippen molar-refractivity contribution in [1.29, 1.82) is 0 Å². The molecule has 0 saturated carbocycles. The van der Waals surface area contributed by atoms with E-state index in [4.69, 9.17) is 4.74 Å². The van der Waals surface area contributed by atoms with Crippen LogP contribution < -0.4 is 19.7 Å². The van der Waals surface area contributed by atoms with Crippen molar-refractivity contribution in [1.82, 2.24) is 5.32 Å². The van der Waals surface area contributed by atoms with E-state index in [-0.39, 0.29) is 10.9 Å². The number of methoxy groups -OCH3 is 1. The highest BCUT2D eigenvalue weighted by molar-refractivity contribution is 7.92. The molecule has 1 heterocycles. The van der Waals surface area contributed by atoms with Crippen molar-refractivity contribution >= 4 is 27.4 Å². The van der Waals surface area contributed by atoms with Gasteiger partial charge in [-0.2, -0.15) is 0 Å². The van der Waals surface area contributed by atoms with Crippen molar-refractivity contribution in [2.75, 3.05) is 29.8 Å². The monoisotopic (exact) mass is 361 g/mol. The number of nitrogens with one attached hydrogen (secondary N) is 2. The molecule has 0 aromatic heterocycles. The van der Waals surface area contributed by atoms with Crippen molar-refractivity contribution in [2.45, 2.75) is 11.3 Å². The van der Waals surface area contributed by atoms with Crippen LogP contribution in [0.25, 0.3) is 0 Å². The van der Waals surface area contributed by atoms with E-state index >= 15 is 0 Å². The number of benzene rings is 2. The molecular formula is C17H19N3O4S. The standard InChI is InChI=1S/C17H19N3O4S/c1-24-15-7-9-16(10-8-15)25(22,23)19-13-3-5-14(6-4-13)20-12-2-11-18-17(20)21/h3-10,19H,2,11-12H2,1H3,(H,18,21). The molecule has 0 unspecified atom stereocenters. The van der Waals surface area contributed by atoms with Gasteiger partial charge in [0.2, 0.25) is 0 Å². The predicted octanol–water partition coefficient (Wildman–Crippen LogP) is 2.42. The van der Waals surface area contributed by atoms with Crippen molar-refractivity contribution in [3.8, 4) is 5.75 Å². The van der Waals surface area contributed by atoms with Crippen molar-refractivity contribution in [2.24, 2.45) is 0 Å². The Morgan fingerprint density at radius 2 is 1.76 bits per heavy atom. The zero-order valence-corrected chi connectivity index (χ0v) is 14.5. The normalized spacial score (nSPS) is 14.8. The fourth-order valence-corrected chi connectivity index (χ4v) is 3.61. The summed E-state index contributed by atoms with van der Waals surface area (Å²) in [4.78, 5) is 13.6. The van der Waals surface area contributed by atoms with Gasteiger partial charge < -0.3 is 10.1 Å². The molecule has 0 radical (unpaired) electrons. The first-order valence-electron chi connectivity index (χ1n) is 7.82. The van der Waals surface area contributed by atoms with Gasteiger partial charge in [-0.1, -0.05) is 0 Å². The van der Waals surface area contributed by atoms with E-state index in [1.165, 1.54) is 19.2 Å². The van der Waals surface area contributed by atoms with Gasteiger partial charge in [-0.15, -0.1) is 0 Å². The SMILES string of the molecule is COc1ccc(S(=O)(=O)Nc2ccc(N3CCCNC3=O)cc2)cc1. The molecule has 1 saturated heterocycles. The summed E-state index contributed by atoms with van der Waals surface area (Å²) in [5.74, 6) is 0.586. The fraction of sp³-hybridized carbons (Fsp3) is 0.235. The first-order valence-corrected chi connectivity index (χ1v) is 9.30. The molecule has 8 heteroatoms. The van der Waals surface area contributed by atoms with E-state index in [2.05, 4.69) is 10.0 Å². The average molecular weight is 361 g/mol. The third-order valence-corrected chi connectivity index (χ3v) is 5.28. The molecule has 0 bridgehead atoms. The zero-order valence-electron chi connectivity index (χ0n) is 13.7. The molecule has 25 heavy (non-hydrogen) atoms. The van der Waals surface area contributed by atoms with Crippen LogP contribution in [0.2, 0.25) is 0 Å². The van der Waals surface area contributed by atoms with Gasteiger partial charge in [-0.25, -0.2) is 13.2 Å². The molecule has 7 nitrogen and oxygen atoms in total. The first kappa shape index (κ1) is 17.1. The number of carbonyl (C=O) groups excluding carboxylic acids is 1. The second-order valence-electron chi connectivity index (χ2n) is 5.57. The van der Waals surface area contributed by atoms with Crippen LogP contribution in [0.3, 0.4) is 0 Å². The summed E-state index contributed by atoms with van der Waals surface area (Å²) >= 11 is 0.